The van der Waals surface area contributed by atoms with E-state index in [1.165, 1.54) is 11.1 Å². The molecule has 2 aromatic rings. The number of piperidine rings is 2. The Balaban J connectivity index is 1.26. The lowest BCUT2D eigenvalue weighted by atomic mass is 9.93. The summed E-state index contributed by atoms with van der Waals surface area (Å²) in [6.07, 6.45) is 9.79. The van der Waals surface area contributed by atoms with Crippen molar-refractivity contribution < 1.29 is 4.79 Å². The largest absolute Gasteiger partial charge is 0.357 e. The van der Waals surface area contributed by atoms with E-state index in [2.05, 4.69) is 55.1 Å². The highest BCUT2D eigenvalue weighted by molar-refractivity contribution is 5.79. The Morgan fingerprint density at radius 1 is 1.10 bits per heavy atom. The number of hydrogen-bond acceptors (Lipinski definition) is 5. The summed E-state index contributed by atoms with van der Waals surface area (Å²) in [5.41, 5.74) is 2.39. The first-order valence-electron chi connectivity index (χ1n) is 10.8. The van der Waals surface area contributed by atoms with E-state index in [1.807, 2.05) is 19.4 Å². The van der Waals surface area contributed by atoms with Crippen molar-refractivity contribution in [2.75, 3.05) is 38.1 Å². The monoisotopic (exact) mass is 396 g/mol. The average Bonchev–Trinajstić information content (AvgIpc) is 3.23. The first-order chi connectivity index (χ1) is 14.1. The van der Waals surface area contributed by atoms with Crippen molar-refractivity contribution in [3.8, 4) is 0 Å². The molecule has 7 heteroatoms. The van der Waals surface area contributed by atoms with Crippen LogP contribution in [0.3, 0.4) is 0 Å². The van der Waals surface area contributed by atoms with Gasteiger partial charge in [-0.15, -0.1) is 0 Å². The zero-order valence-electron chi connectivity index (χ0n) is 17.5. The maximum atomic E-state index is 13.0. The molecule has 4 heterocycles. The van der Waals surface area contributed by atoms with Crippen LogP contribution in [0, 0.1) is 12.8 Å². The summed E-state index contributed by atoms with van der Waals surface area (Å²) < 4.78 is 2.08. The van der Waals surface area contributed by atoms with Gasteiger partial charge in [0.2, 0.25) is 5.91 Å². The molecular weight excluding hydrogens is 364 g/mol. The summed E-state index contributed by atoms with van der Waals surface area (Å²) >= 11 is 0. The maximum absolute atomic E-state index is 13.0. The first kappa shape index (κ1) is 19.9. The smallest absolute Gasteiger partial charge is 0.225 e. The molecule has 2 aromatic heterocycles. The van der Waals surface area contributed by atoms with Crippen molar-refractivity contribution >= 4 is 11.7 Å². The van der Waals surface area contributed by atoms with Crippen LogP contribution >= 0.6 is 0 Å². The highest BCUT2D eigenvalue weighted by atomic mass is 16.2. The Bertz CT molecular complexity index is 801. The molecule has 0 unspecified atom stereocenters. The fourth-order valence-corrected chi connectivity index (χ4v) is 4.48. The summed E-state index contributed by atoms with van der Waals surface area (Å²) in [4.78, 5) is 21.9. The topological polar surface area (TPSA) is 66.3 Å². The quantitative estimate of drug-likeness (QED) is 0.841. The summed E-state index contributed by atoms with van der Waals surface area (Å²) in [5, 5.41) is 7.68. The Labute approximate surface area is 173 Å². The fraction of sp³-hybridized carbons (Fsp3) is 0.591. The SMILES string of the molecule is CNCc1cnn(C2CCN(C(=O)C3CCN(c4ccc(C)cn4)CC3)CC2)c1. The molecule has 7 nitrogen and oxygen atoms in total. The number of pyridine rings is 1. The summed E-state index contributed by atoms with van der Waals surface area (Å²) in [7, 11) is 1.95. The van der Waals surface area contributed by atoms with Crippen LogP contribution in [-0.4, -0.2) is 58.8 Å². The second kappa shape index (κ2) is 8.95. The number of hydrogen-bond donors (Lipinski definition) is 1. The predicted octanol–water partition coefficient (Wildman–Crippen LogP) is 2.39. The number of nitrogens with one attached hydrogen (secondary N) is 1. The molecule has 0 saturated carbocycles. The number of aromatic nitrogens is 3. The van der Waals surface area contributed by atoms with Crippen molar-refractivity contribution in [3.05, 3.63) is 41.9 Å². The number of carbonyl (C=O) groups excluding carboxylic acids is 1. The van der Waals surface area contributed by atoms with Crippen LogP contribution < -0.4 is 10.2 Å². The van der Waals surface area contributed by atoms with E-state index in [9.17, 15) is 4.79 Å². The maximum Gasteiger partial charge on any atom is 0.225 e. The van der Waals surface area contributed by atoms with E-state index in [1.54, 1.807) is 0 Å². The third-order valence-corrected chi connectivity index (χ3v) is 6.25. The van der Waals surface area contributed by atoms with Gasteiger partial charge in [0.25, 0.3) is 0 Å². The van der Waals surface area contributed by atoms with Crippen LogP contribution in [0.4, 0.5) is 5.82 Å². The zero-order valence-corrected chi connectivity index (χ0v) is 17.5. The summed E-state index contributed by atoms with van der Waals surface area (Å²) in [6, 6.07) is 4.59. The van der Waals surface area contributed by atoms with Gasteiger partial charge in [-0.1, -0.05) is 6.07 Å². The van der Waals surface area contributed by atoms with E-state index in [4.69, 9.17) is 0 Å². The lowest BCUT2D eigenvalue weighted by molar-refractivity contribution is -0.137. The highest BCUT2D eigenvalue weighted by Crippen LogP contribution is 2.27. The average molecular weight is 397 g/mol. The molecule has 1 N–H and O–H groups in total. The number of nitrogens with zero attached hydrogens (tertiary/aromatic N) is 5. The Morgan fingerprint density at radius 3 is 2.52 bits per heavy atom. The van der Waals surface area contributed by atoms with E-state index in [0.29, 0.717) is 11.9 Å². The van der Waals surface area contributed by atoms with Gasteiger partial charge >= 0.3 is 0 Å². The van der Waals surface area contributed by atoms with Crippen molar-refractivity contribution in [3.63, 3.8) is 0 Å². The predicted molar refractivity (Wildman–Crippen MR) is 114 cm³/mol. The van der Waals surface area contributed by atoms with E-state index in [-0.39, 0.29) is 5.92 Å². The summed E-state index contributed by atoms with van der Waals surface area (Å²) in [6.45, 7) is 6.39. The molecule has 2 fully saturated rings. The van der Waals surface area contributed by atoms with Gasteiger partial charge in [0.1, 0.15) is 5.82 Å². The molecule has 0 spiro atoms. The molecule has 29 heavy (non-hydrogen) atoms. The van der Waals surface area contributed by atoms with Crippen molar-refractivity contribution in [2.45, 2.75) is 45.2 Å². The molecule has 2 aliphatic heterocycles. The van der Waals surface area contributed by atoms with E-state index in [0.717, 1.165) is 64.2 Å². The molecule has 0 aromatic carbocycles. The van der Waals surface area contributed by atoms with Crippen LogP contribution in [0.15, 0.2) is 30.7 Å². The van der Waals surface area contributed by atoms with Crippen LogP contribution in [0.25, 0.3) is 0 Å². The molecule has 0 radical (unpaired) electrons. The molecule has 2 saturated heterocycles. The van der Waals surface area contributed by atoms with Gasteiger partial charge in [0.05, 0.1) is 12.2 Å². The third kappa shape index (κ3) is 4.61. The van der Waals surface area contributed by atoms with Crippen LogP contribution in [0.2, 0.25) is 0 Å². The fourth-order valence-electron chi connectivity index (χ4n) is 4.48. The zero-order chi connectivity index (χ0) is 20.2. The normalized spacial score (nSPS) is 19.0. The van der Waals surface area contributed by atoms with Gasteiger partial charge in [0.15, 0.2) is 0 Å². The van der Waals surface area contributed by atoms with Gasteiger partial charge in [-0.2, -0.15) is 5.10 Å². The second-order valence-electron chi connectivity index (χ2n) is 8.37. The number of amides is 1. The van der Waals surface area contributed by atoms with Crippen molar-refractivity contribution in [1.29, 1.82) is 0 Å². The number of rotatable bonds is 5. The lowest BCUT2D eigenvalue weighted by Gasteiger charge is -2.37. The number of carbonyl (C=O) groups is 1. The van der Waals surface area contributed by atoms with Gasteiger partial charge in [-0.25, -0.2) is 4.98 Å². The number of aryl methyl sites for hydroxylation is 1. The Morgan fingerprint density at radius 2 is 1.86 bits per heavy atom. The molecule has 0 atom stereocenters. The minimum absolute atomic E-state index is 0.153. The molecule has 156 valence electrons. The van der Waals surface area contributed by atoms with Gasteiger partial charge in [-0.05, 0) is 51.3 Å². The van der Waals surface area contributed by atoms with Crippen LogP contribution in [0.5, 0.6) is 0 Å². The minimum Gasteiger partial charge on any atom is -0.357 e. The summed E-state index contributed by atoms with van der Waals surface area (Å²) in [5.74, 6) is 1.52. The van der Waals surface area contributed by atoms with Crippen molar-refractivity contribution in [2.24, 2.45) is 5.92 Å². The molecule has 1 amide bonds. The lowest BCUT2D eigenvalue weighted by Crippen LogP contribution is -2.45. The third-order valence-electron chi connectivity index (χ3n) is 6.25. The van der Waals surface area contributed by atoms with E-state index >= 15 is 0 Å². The molecule has 4 rings (SSSR count). The van der Waals surface area contributed by atoms with Crippen LogP contribution in [-0.2, 0) is 11.3 Å². The second-order valence-corrected chi connectivity index (χ2v) is 8.37. The standard InChI is InChI=1S/C22H32N6O/c1-17-3-4-21(24-13-17)26-9-5-19(6-10-26)22(29)27-11-7-20(8-12-27)28-16-18(14-23-2)15-25-28/h3-4,13,15-16,19-20,23H,5-12,14H2,1-2H3. The van der Waals surface area contributed by atoms with Gasteiger partial charge in [0, 0.05) is 56.6 Å². The molecule has 0 bridgehead atoms. The van der Waals surface area contributed by atoms with Crippen molar-refractivity contribution in [1.82, 2.24) is 25.0 Å². The number of likely N-dealkylation sites (tertiary alicyclic amines) is 1. The molecule has 2 aliphatic rings. The first-order valence-corrected chi connectivity index (χ1v) is 10.8. The highest BCUT2D eigenvalue weighted by Gasteiger charge is 2.31. The molecule has 0 aliphatic carbocycles. The number of anilines is 1. The Kier molecular flexibility index (Phi) is 6.13. The minimum atomic E-state index is 0.153. The van der Waals surface area contributed by atoms with E-state index < -0.39 is 0 Å². The van der Waals surface area contributed by atoms with Gasteiger partial charge < -0.3 is 15.1 Å². The van der Waals surface area contributed by atoms with Crippen LogP contribution in [0.1, 0.15) is 42.9 Å². The Hall–Kier alpha value is -2.41. The molecular formula is C22H32N6O. The van der Waals surface area contributed by atoms with Gasteiger partial charge in [-0.3, -0.25) is 9.48 Å².